The smallest absolute Gasteiger partial charge is 0.245 e. The highest BCUT2D eigenvalue weighted by Gasteiger charge is 2.23. The molecule has 5 nitrogen and oxygen atoms in total. The summed E-state index contributed by atoms with van der Waals surface area (Å²) in [6.45, 7) is 2.09. The molecule has 0 saturated carbocycles. The van der Waals surface area contributed by atoms with Gasteiger partial charge in [-0.1, -0.05) is 18.5 Å². The number of phenols is 1. The van der Waals surface area contributed by atoms with Crippen molar-refractivity contribution in [1.29, 1.82) is 0 Å². The van der Waals surface area contributed by atoms with Crippen molar-refractivity contribution in [2.75, 3.05) is 12.3 Å². The number of hydrogen-bond acceptors (Lipinski definition) is 4. The van der Waals surface area contributed by atoms with Crippen LogP contribution < -0.4 is 10.5 Å². The fourth-order valence-corrected chi connectivity index (χ4v) is 2.90. The number of hydrogen-bond donors (Lipinski definition) is 3. The highest BCUT2D eigenvalue weighted by molar-refractivity contribution is 7.89. The van der Waals surface area contributed by atoms with Crippen LogP contribution in [0.2, 0.25) is 5.02 Å². The first kappa shape index (κ1) is 13.1. The van der Waals surface area contributed by atoms with Gasteiger partial charge >= 0.3 is 0 Å². The van der Waals surface area contributed by atoms with E-state index in [2.05, 4.69) is 4.72 Å². The lowest BCUT2D eigenvalue weighted by atomic mass is 10.3. The molecule has 16 heavy (non-hydrogen) atoms. The summed E-state index contributed by atoms with van der Waals surface area (Å²) in [6.07, 6.45) is 0.639. The van der Waals surface area contributed by atoms with Crippen LogP contribution in [-0.4, -0.2) is 20.1 Å². The molecule has 90 valence electrons. The molecule has 0 heterocycles. The molecule has 0 aromatic heterocycles. The summed E-state index contributed by atoms with van der Waals surface area (Å²) in [5.41, 5.74) is 5.39. The van der Waals surface area contributed by atoms with E-state index in [0.717, 1.165) is 0 Å². The molecule has 0 aliphatic heterocycles. The maximum atomic E-state index is 11.8. The third kappa shape index (κ3) is 2.58. The molecule has 0 aliphatic carbocycles. The Morgan fingerprint density at radius 1 is 1.50 bits per heavy atom. The minimum atomic E-state index is -3.82. The van der Waals surface area contributed by atoms with Gasteiger partial charge in [0, 0.05) is 6.54 Å². The Labute approximate surface area is 99.3 Å². The quantitative estimate of drug-likeness (QED) is 0.565. The van der Waals surface area contributed by atoms with E-state index < -0.39 is 15.8 Å². The lowest BCUT2D eigenvalue weighted by molar-refractivity contribution is 0.460. The van der Waals surface area contributed by atoms with Crippen molar-refractivity contribution < 1.29 is 13.5 Å². The molecule has 0 aliphatic rings. The van der Waals surface area contributed by atoms with Gasteiger partial charge in [0.15, 0.2) is 5.75 Å². The molecule has 0 bridgehead atoms. The number of sulfonamides is 1. The second kappa shape index (κ2) is 4.90. The van der Waals surface area contributed by atoms with Crippen LogP contribution >= 0.6 is 11.6 Å². The van der Waals surface area contributed by atoms with Crippen LogP contribution in [0.1, 0.15) is 13.3 Å². The van der Waals surface area contributed by atoms with Crippen LogP contribution in [0.4, 0.5) is 5.69 Å². The van der Waals surface area contributed by atoms with E-state index in [-0.39, 0.29) is 22.2 Å². The number of benzene rings is 1. The molecule has 7 heteroatoms. The Bertz CT molecular complexity index is 488. The van der Waals surface area contributed by atoms with E-state index in [1.807, 2.05) is 6.92 Å². The highest BCUT2D eigenvalue weighted by Crippen LogP contribution is 2.34. The Morgan fingerprint density at radius 2 is 2.12 bits per heavy atom. The third-order valence-electron chi connectivity index (χ3n) is 1.93. The lowest BCUT2D eigenvalue weighted by Gasteiger charge is -2.10. The SMILES string of the molecule is CCCNS(=O)(=O)c1c(Cl)ccc(N)c1O. The summed E-state index contributed by atoms with van der Waals surface area (Å²) in [5, 5.41) is 9.52. The molecule has 1 aromatic rings. The topological polar surface area (TPSA) is 92.4 Å². The van der Waals surface area contributed by atoms with Gasteiger partial charge < -0.3 is 10.8 Å². The van der Waals surface area contributed by atoms with Gasteiger partial charge in [-0.15, -0.1) is 0 Å². The number of halogens is 1. The van der Waals surface area contributed by atoms with E-state index in [1.54, 1.807) is 0 Å². The van der Waals surface area contributed by atoms with Crippen molar-refractivity contribution in [3.05, 3.63) is 17.2 Å². The van der Waals surface area contributed by atoms with E-state index in [4.69, 9.17) is 17.3 Å². The predicted molar refractivity (Wildman–Crippen MR) is 63.0 cm³/mol. The van der Waals surface area contributed by atoms with Crippen molar-refractivity contribution >= 4 is 27.3 Å². The van der Waals surface area contributed by atoms with Gasteiger partial charge in [0.1, 0.15) is 4.90 Å². The Balaban J connectivity index is 3.27. The van der Waals surface area contributed by atoms with Crippen molar-refractivity contribution in [2.24, 2.45) is 0 Å². The summed E-state index contributed by atoms with van der Waals surface area (Å²) in [6, 6.07) is 2.67. The van der Waals surface area contributed by atoms with Crippen LogP contribution in [0, 0.1) is 0 Å². The second-order valence-electron chi connectivity index (χ2n) is 3.21. The van der Waals surface area contributed by atoms with Crippen molar-refractivity contribution in [3.63, 3.8) is 0 Å². The van der Waals surface area contributed by atoms with Crippen molar-refractivity contribution in [3.8, 4) is 5.75 Å². The standard InChI is InChI=1S/C9H13ClN2O3S/c1-2-5-12-16(14,15)9-6(10)3-4-7(11)8(9)13/h3-4,12-13H,2,5,11H2,1H3. The molecular weight excluding hydrogens is 252 g/mol. The number of aromatic hydroxyl groups is 1. The van der Waals surface area contributed by atoms with Gasteiger partial charge in [-0.05, 0) is 18.6 Å². The van der Waals surface area contributed by atoms with Gasteiger partial charge in [-0.3, -0.25) is 0 Å². The zero-order chi connectivity index (χ0) is 12.3. The predicted octanol–water partition coefficient (Wildman–Crippen LogP) is 1.32. The Kier molecular flexibility index (Phi) is 4.01. The van der Waals surface area contributed by atoms with Gasteiger partial charge in [-0.25, -0.2) is 13.1 Å². The van der Waals surface area contributed by atoms with Gasteiger partial charge in [0.05, 0.1) is 10.7 Å². The molecule has 0 amide bonds. The van der Waals surface area contributed by atoms with E-state index in [0.29, 0.717) is 6.42 Å². The number of nitrogen functional groups attached to an aromatic ring is 1. The molecule has 0 atom stereocenters. The fourth-order valence-electron chi connectivity index (χ4n) is 1.13. The molecule has 0 fully saturated rings. The molecule has 1 aromatic carbocycles. The Morgan fingerprint density at radius 3 is 2.69 bits per heavy atom. The second-order valence-corrected chi connectivity index (χ2v) is 5.32. The highest BCUT2D eigenvalue weighted by atomic mass is 35.5. The lowest BCUT2D eigenvalue weighted by Crippen LogP contribution is -2.25. The summed E-state index contributed by atoms with van der Waals surface area (Å²) < 4.78 is 25.9. The summed E-state index contributed by atoms with van der Waals surface area (Å²) in [5.74, 6) is -0.517. The van der Waals surface area contributed by atoms with Crippen LogP contribution in [0.15, 0.2) is 17.0 Å². The summed E-state index contributed by atoms with van der Waals surface area (Å²) >= 11 is 5.73. The van der Waals surface area contributed by atoms with E-state index in [1.165, 1.54) is 12.1 Å². The van der Waals surface area contributed by atoms with Crippen molar-refractivity contribution in [2.45, 2.75) is 18.2 Å². The maximum Gasteiger partial charge on any atom is 0.245 e. The molecule has 0 radical (unpaired) electrons. The largest absolute Gasteiger partial charge is 0.504 e. The fraction of sp³-hybridized carbons (Fsp3) is 0.333. The number of nitrogens with one attached hydrogen (secondary N) is 1. The number of nitrogens with two attached hydrogens (primary N) is 1. The van der Waals surface area contributed by atoms with Gasteiger partial charge in [0.25, 0.3) is 0 Å². The Hall–Kier alpha value is -0.980. The maximum absolute atomic E-state index is 11.8. The van der Waals surface area contributed by atoms with Crippen LogP contribution in [0.5, 0.6) is 5.75 Å². The number of phenolic OH excluding ortho intramolecular Hbond substituents is 1. The minimum Gasteiger partial charge on any atom is -0.504 e. The number of anilines is 1. The first-order chi connectivity index (χ1) is 7.40. The monoisotopic (exact) mass is 264 g/mol. The van der Waals surface area contributed by atoms with Gasteiger partial charge in [0.2, 0.25) is 10.0 Å². The molecule has 4 N–H and O–H groups in total. The molecular formula is C9H13ClN2O3S. The zero-order valence-electron chi connectivity index (χ0n) is 8.70. The molecule has 0 unspecified atom stereocenters. The molecule has 0 spiro atoms. The van der Waals surface area contributed by atoms with Crippen molar-refractivity contribution in [1.82, 2.24) is 4.72 Å². The zero-order valence-corrected chi connectivity index (χ0v) is 10.3. The molecule has 0 saturated heterocycles. The number of rotatable bonds is 4. The normalized spacial score (nSPS) is 11.6. The first-order valence-corrected chi connectivity index (χ1v) is 6.53. The van der Waals surface area contributed by atoms with Crippen LogP contribution in [0.25, 0.3) is 0 Å². The minimum absolute atomic E-state index is 0.0266. The average Bonchev–Trinajstić information content (AvgIpc) is 2.21. The average molecular weight is 265 g/mol. The van der Waals surface area contributed by atoms with Crippen LogP contribution in [-0.2, 0) is 10.0 Å². The van der Waals surface area contributed by atoms with Crippen LogP contribution in [0.3, 0.4) is 0 Å². The summed E-state index contributed by atoms with van der Waals surface area (Å²) in [4.78, 5) is -0.373. The van der Waals surface area contributed by atoms with E-state index in [9.17, 15) is 13.5 Å². The summed E-state index contributed by atoms with van der Waals surface area (Å²) in [7, 11) is -3.82. The first-order valence-electron chi connectivity index (χ1n) is 4.66. The third-order valence-corrected chi connectivity index (χ3v) is 3.89. The van der Waals surface area contributed by atoms with Gasteiger partial charge in [-0.2, -0.15) is 0 Å². The molecule has 1 rings (SSSR count). The van der Waals surface area contributed by atoms with E-state index >= 15 is 0 Å².